The third-order valence-corrected chi connectivity index (χ3v) is 3.25. The van der Waals surface area contributed by atoms with Crippen molar-refractivity contribution in [1.29, 1.82) is 31.6 Å². The van der Waals surface area contributed by atoms with Crippen LogP contribution in [-0.4, -0.2) is 0 Å². The molecule has 0 amide bonds. The third-order valence-electron chi connectivity index (χ3n) is 3.25. The molecular formula is C11H4N6. The van der Waals surface area contributed by atoms with Crippen molar-refractivity contribution in [3.63, 3.8) is 0 Å². The minimum absolute atomic E-state index is 0.137. The maximum absolute atomic E-state index is 9.14. The lowest BCUT2D eigenvalue weighted by atomic mass is 9.59. The van der Waals surface area contributed by atoms with E-state index in [2.05, 4.69) is 0 Å². The Morgan fingerprint density at radius 3 is 1.00 bits per heavy atom. The molecule has 0 radical (unpaired) electrons. The number of rotatable bonds is 0. The second-order valence-electron chi connectivity index (χ2n) is 3.73. The Bertz CT molecular complexity index is 519. The summed E-state index contributed by atoms with van der Waals surface area (Å²) in [6, 6.07) is 9.66. The quantitative estimate of drug-likeness (QED) is 0.592. The second kappa shape index (κ2) is 3.51. The molecule has 78 valence electrons. The zero-order valence-electron chi connectivity index (χ0n) is 8.60. The van der Waals surface area contributed by atoms with Crippen molar-refractivity contribution >= 4 is 0 Å². The minimum atomic E-state index is -2.23. The fraction of sp³-hybridized carbons (Fsp3) is 0.455. The van der Waals surface area contributed by atoms with Gasteiger partial charge in [-0.05, 0) is 12.8 Å². The minimum Gasteiger partial charge on any atom is -0.196 e. The van der Waals surface area contributed by atoms with E-state index < -0.39 is 16.2 Å². The van der Waals surface area contributed by atoms with Crippen molar-refractivity contribution in [3.8, 4) is 36.4 Å². The molecule has 17 heavy (non-hydrogen) atoms. The first-order chi connectivity index (χ1) is 8.07. The molecule has 1 saturated carbocycles. The van der Waals surface area contributed by atoms with Crippen LogP contribution in [0.15, 0.2) is 0 Å². The maximum Gasteiger partial charge on any atom is 0.206 e. The molecule has 0 aromatic carbocycles. The van der Waals surface area contributed by atoms with E-state index in [1.807, 2.05) is 0 Å². The Morgan fingerprint density at radius 2 is 0.824 bits per heavy atom. The predicted molar refractivity (Wildman–Crippen MR) is 50.2 cm³/mol. The predicted octanol–water partition coefficient (Wildman–Crippen LogP) is 0.881. The Kier molecular flexibility index (Phi) is 2.48. The summed E-state index contributed by atoms with van der Waals surface area (Å²) in [5.41, 5.74) is -6.09. The first-order valence-corrected chi connectivity index (χ1v) is 4.55. The normalized spacial score (nSPS) is 21.5. The Morgan fingerprint density at radius 1 is 0.529 bits per heavy atom. The van der Waals surface area contributed by atoms with Crippen molar-refractivity contribution in [1.82, 2.24) is 0 Å². The molecule has 0 atom stereocenters. The highest BCUT2D eigenvalue weighted by molar-refractivity contribution is 5.48. The lowest BCUT2D eigenvalue weighted by Crippen LogP contribution is -2.43. The molecule has 0 aromatic heterocycles. The lowest BCUT2D eigenvalue weighted by Gasteiger charge is -2.29. The molecule has 0 heterocycles. The van der Waals surface area contributed by atoms with Crippen LogP contribution >= 0.6 is 0 Å². The van der Waals surface area contributed by atoms with Crippen LogP contribution in [0.3, 0.4) is 0 Å². The van der Waals surface area contributed by atoms with Gasteiger partial charge in [0.15, 0.2) is 10.8 Å². The monoisotopic (exact) mass is 220 g/mol. The number of hydrogen-bond donors (Lipinski definition) is 0. The van der Waals surface area contributed by atoms with Gasteiger partial charge in [-0.15, -0.1) is 0 Å². The van der Waals surface area contributed by atoms with Gasteiger partial charge in [-0.3, -0.25) is 0 Å². The Hall–Kier alpha value is -3.06. The number of nitrogens with zero attached hydrogens (tertiary/aromatic N) is 6. The zero-order chi connectivity index (χ0) is 13.2. The van der Waals surface area contributed by atoms with Crippen LogP contribution in [0.5, 0.6) is 0 Å². The molecule has 1 rings (SSSR count). The highest BCUT2D eigenvalue weighted by atomic mass is 14.7. The topological polar surface area (TPSA) is 143 Å². The van der Waals surface area contributed by atoms with Crippen LogP contribution in [0.25, 0.3) is 0 Å². The lowest BCUT2D eigenvalue weighted by molar-refractivity contribution is 0.268. The highest BCUT2D eigenvalue weighted by Gasteiger charge is 2.72. The maximum atomic E-state index is 9.14. The molecule has 0 unspecified atom stereocenters. The van der Waals surface area contributed by atoms with E-state index in [1.165, 1.54) is 0 Å². The summed E-state index contributed by atoms with van der Waals surface area (Å²) in [5, 5.41) is 54.4. The van der Waals surface area contributed by atoms with Gasteiger partial charge in [-0.25, -0.2) is 0 Å². The fourth-order valence-corrected chi connectivity index (χ4v) is 2.13. The summed E-state index contributed by atoms with van der Waals surface area (Å²) in [6.45, 7) is 0. The van der Waals surface area contributed by atoms with E-state index in [0.29, 0.717) is 0 Å². The summed E-state index contributed by atoms with van der Waals surface area (Å²) >= 11 is 0. The number of nitriles is 6. The van der Waals surface area contributed by atoms with Gasteiger partial charge < -0.3 is 0 Å². The number of hydrogen-bond acceptors (Lipinski definition) is 6. The van der Waals surface area contributed by atoms with Gasteiger partial charge in [-0.1, -0.05) is 0 Å². The van der Waals surface area contributed by atoms with Gasteiger partial charge in [0, 0.05) is 0 Å². The van der Waals surface area contributed by atoms with Crippen LogP contribution < -0.4 is 0 Å². The molecule has 1 aliphatic carbocycles. The summed E-state index contributed by atoms with van der Waals surface area (Å²) < 4.78 is 0. The van der Waals surface area contributed by atoms with Crippen LogP contribution in [0.2, 0.25) is 0 Å². The van der Waals surface area contributed by atoms with Crippen LogP contribution in [-0.2, 0) is 0 Å². The van der Waals surface area contributed by atoms with E-state index in [-0.39, 0.29) is 12.8 Å². The molecular weight excluding hydrogens is 216 g/mol. The van der Waals surface area contributed by atoms with Crippen LogP contribution in [0.1, 0.15) is 12.8 Å². The largest absolute Gasteiger partial charge is 0.206 e. The second-order valence-corrected chi connectivity index (χ2v) is 3.73. The molecule has 0 saturated heterocycles. The molecule has 6 heteroatoms. The molecule has 1 aliphatic rings. The smallest absolute Gasteiger partial charge is 0.196 e. The van der Waals surface area contributed by atoms with Crippen LogP contribution in [0, 0.1) is 84.2 Å². The summed E-state index contributed by atoms with van der Waals surface area (Å²) in [6.07, 6.45) is -0.273. The Balaban J connectivity index is 3.76. The highest BCUT2D eigenvalue weighted by Crippen LogP contribution is 2.61. The SMILES string of the molecule is N#CC1(C#N)CCC(C#N)(C#N)C1(C#N)C#N. The van der Waals surface area contributed by atoms with Gasteiger partial charge in [0.25, 0.3) is 0 Å². The van der Waals surface area contributed by atoms with Crippen LogP contribution in [0.4, 0.5) is 0 Å². The van der Waals surface area contributed by atoms with Gasteiger partial charge in [0.2, 0.25) is 5.41 Å². The van der Waals surface area contributed by atoms with E-state index in [1.54, 1.807) is 36.4 Å². The van der Waals surface area contributed by atoms with Crippen molar-refractivity contribution in [2.75, 3.05) is 0 Å². The summed E-state index contributed by atoms with van der Waals surface area (Å²) in [4.78, 5) is 0. The molecule has 0 N–H and O–H groups in total. The molecule has 0 aliphatic heterocycles. The zero-order valence-corrected chi connectivity index (χ0v) is 8.60. The van der Waals surface area contributed by atoms with Crippen molar-refractivity contribution < 1.29 is 0 Å². The van der Waals surface area contributed by atoms with Gasteiger partial charge >= 0.3 is 0 Å². The first kappa shape index (κ1) is 12.0. The molecule has 0 spiro atoms. The molecule has 0 aromatic rings. The summed E-state index contributed by atoms with van der Waals surface area (Å²) in [7, 11) is 0. The molecule has 1 fully saturated rings. The first-order valence-electron chi connectivity index (χ1n) is 4.55. The molecule has 0 bridgehead atoms. The summed E-state index contributed by atoms with van der Waals surface area (Å²) in [5.74, 6) is 0. The third kappa shape index (κ3) is 0.971. The Labute approximate surface area is 97.7 Å². The fourth-order valence-electron chi connectivity index (χ4n) is 2.13. The van der Waals surface area contributed by atoms with E-state index in [9.17, 15) is 0 Å². The molecule has 6 nitrogen and oxygen atoms in total. The van der Waals surface area contributed by atoms with E-state index in [0.717, 1.165) is 0 Å². The van der Waals surface area contributed by atoms with Gasteiger partial charge in [0.1, 0.15) is 0 Å². The standard InChI is InChI=1S/C11H4N6/c12-3-9(4-13)1-2-10(5-14,6-15)11(9,7-16)8-17/h1-2H2. The van der Waals surface area contributed by atoms with Gasteiger partial charge in [0.05, 0.1) is 36.4 Å². The average Bonchev–Trinajstić information content (AvgIpc) is 2.69. The van der Waals surface area contributed by atoms with Crippen molar-refractivity contribution in [2.24, 2.45) is 16.2 Å². The van der Waals surface area contributed by atoms with Gasteiger partial charge in [-0.2, -0.15) is 31.6 Å². The van der Waals surface area contributed by atoms with Crippen molar-refractivity contribution in [2.45, 2.75) is 12.8 Å². The average molecular weight is 220 g/mol. The van der Waals surface area contributed by atoms with E-state index >= 15 is 0 Å². The van der Waals surface area contributed by atoms with E-state index in [4.69, 9.17) is 31.6 Å². The van der Waals surface area contributed by atoms with Crippen molar-refractivity contribution in [3.05, 3.63) is 0 Å².